The van der Waals surface area contributed by atoms with Crippen LogP contribution < -0.4 is 10.1 Å². The van der Waals surface area contributed by atoms with E-state index in [-0.39, 0.29) is 40.1 Å². The lowest BCUT2D eigenvalue weighted by molar-refractivity contribution is -0.384. The van der Waals surface area contributed by atoms with Gasteiger partial charge in [0.1, 0.15) is 11.5 Å². The Labute approximate surface area is 235 Å². The minimum absolute atomic E-state index is 0.00159. The molecule has 13 heteroatoms. The van der Waals surface area contributed by atoms with Gasteiger partial charge in [0, 0.05) is 18.2 Å². The number of nitro groups is 1. The number of carbonyl (C=O) groups is 1. The van der Waals surface area contributed by atoms with Crippen molar-refractivity contribution in [1.82, 2.24) is 14.6 Å². The molecule has 3 heterocycles. The summed E-state index contributed by atoms with van der Waals surface area (Å²) in [5.74, 6) is -0.177. The Morgan fingerprint density at radius 2 is 1.90 bits per heavy atom. The topological polar surface area (TPSA) is 112 Å². The van der Waals surface area contributed by atoms with E-state index in [0.717, 1.165) is 29.3 Å². The van der Waals surface area contributed by atoms with Crippen molar-refractivity contribution in [3.05, 3.63) is 98.7 Å². The second kappa shape index (κ2) is 10.7. The summed E-state index contributed by atoms with van der Waals surface area (Å²) in [6.07, 6.45) is -4.77. The van der Waals surface area contributed by atoms with Gasteiger partial charge >= 0.3 is 6.18 Å². The molecule has 5 aromatic rings. The smallest absolute Gasteiger partial charge is 0.433 e. The third-order valence-electron chi connectivity index (χ3n) is 6.10. The number of aromatic nitrogens is 3. The molecule has 9 nitrogen and oxygen atoms in total. The number of nitro benzene ring substituents is 1. The Balaban J connectivity index is 1.50. The first-order valence-electron chi connectivity index (χ1n) is 12.3. The Morgan fingerprint density at radius 1 is 1.12 bits per heavy atom. The zero-order chi connectivity index (χ0) is 29.5. The van der Waals surface area contributed by atoms with Crippen LogP contribution in [0.1, 0.15) is 47.1 Å². The van der Waals surface area contributed by atoms with Crippen LogP contribution in [0.25, 0.3) is 16.2 Å². The Bertz CT molecular complexity index is 1780. The number of nitrogens with zero attached hydrogens (tertiary/aromatic N) is 4. The maximum atomic E-state index is 13.9. The van der Waals surface area contributed by atoms with Gasteiger partial charge in [-0.3, -0.25) is 14.9 Å². The number of hydrogen-bond donors (Lipinski definition) is 1. The molecule has 0 atom stereocenters. The van der Waals surface area contributed by atoms with E-state index in [9.17, 15) is 28.1 Å². The molecule has 0 aliphatic rings. The highest BCUT2D eigenvalue weighted by Gasteiger charge is 2.36. The minimum atomic E-state index is -4.77. The Hall–Kier alpha value is -4.78. The molecule has 2 aromatic carbocycles. The van der Waals surface area contributed by atoms with Gasteiger partial charge in [-0.2, -0.15) is 18.3 Å². The predicted octanol–water partition coefficient (Wildman–Crippen LogP) is 7.86. The quantitative estimate of drug-likeness (QED) is 0.155. The second-order valence-corrected chi connectivity index (χ2v) is 10.5. The fourth-order valence-electron chi connectivity index (χ4n) is 4.19. The summed E-state index contributed by atoms with van der Waals surface area (Å²) >= 11 is 1.22. The number of alkyl halides is 3. The standard InChI is InChI=1S/C28H22F3N5O4S/c1-15(2)20-7-6-16(3)9-23(20)40-19-11-17(10-18(12-19)36(38)39)32-27(37)22-14-26-33-21(24-5-4-8-41-24)13-25(28(29,30)31)35(26)34-22/h4-15H,1-3H3,(H,32,37). The summed E-state index contributed by atoms with van der Waals surface area (Å²) in [4.78, 5) is 28.8. The number of halogens is 3. The molecule has 0 spiro atoms. The van der Waals surface area contributed by atoms with Gasteiger partial charge in [0.05, 0.1) is 27.2 Å². The van der Waals surface area contributed by atoms with Crippen molar-refractivity contribution in [2.45, 2.75) is 32.9 Å². The van der Waals surface area contributed by atoms with E-state index in [1.807, 2.05) is 32.9 Å². The molecule has 0 fully saturated rings. The van der Waals surface area contributed by atoms with Gasteiger partial charge in [-0.1, -0.05) is 32.0 Å². The van der Waals surface area contributed by atoms with E-state index in [0.29, 0.717) is 15.1 Å². The van der Waals surface area contributed by atoms with Gasteiger partial charge in [0.25, 0.3) is 11.6 Å². The molecule has 0 unspecified atom stereocenters. The number of carbonyl (C=O) groups excluding carboxylic acids is 1. The van der Waals surface area contributed by atoms with Crippen molar-refractivity contribution >= 4 is 34.3 Å². The fourth-order valence-corrected chi connectivity index (χ4v) is 4.87. The van der Waals surface area contributed by atoms with Crippen molar-refractivity contribution in [2.75, 3.05) is 5.32 Å². The van der Waals surface area contributed by atoms with E-state index in [4.69, 9.17) is 4.74 Å². The molecule has 0 aliphatic carbocycles. The van der Waals surface area contributed by atoms with E-state index < -0.39 is 22.7 Å². The van der Waals surface area contributed by atoms with Crippen molar-refractivity contribution < 1.29 is 27.6 Å². The van der Waals surface area contributed by atoms with Crippen molar-refractivity contribution in [2.24, 2.45) is 0 Å². The molecule has 0 saturated carbocycles. The van der Waals surface area contributed by atoms with E-state index >= 15 is 0 Å². The first kappa shape index (κ1) is 27.8. The van der Waals surface area contributed by atoms with E-state index in [1.165, 1.54) is 23.5 Å². The van der Waals surface area contributed by atoms with Crippen LogP contribution in [0, 0.1) is 17.0 Å². The van der Waals surface area contributed by atoms with Gasteiger partial charge in [0.15, 0.2) is 17.0 Å². The number of fused-ring (bicyclic) bond motifs is 1. The first-order chi connectivity index (χ1) is 19.4. The number of benzene rings is 2. The van der Waals surface area contributed by atoms with Gasteiger partial charge < -0.3 is 10.1 Å². The number of rotatable bonds is 7. The molecule has 41 heavy (non-hydrogen) atoms. The summed E-state index contributed by atoms with van der Waals surface area (Å²) in [6, 6.07) is 14.7. The van der Waals surface area contributed by atoms with Crippen molar-refractivity contribution in [3.8, 4) is 22.1 Å². The zero-order valence-corrected chi connectivity index (χ0v) is 22.7. The molecule has 0 aliphatic heterocycles. The van der Waals surface area contributed by atoms with Gasteiger partial charge in [-0.15, -0.1) is 11.3 Å². The summed E-state index contributed by atoms with van der Waals surface area (Å²) in [6.45, 7) is 5.84. The van der Waals surface area contributed by atoms with Crippen LogP contribution in [0.4, 0.5) is 24.5 Å². The van der Waals surface area contributed by atoms with Gasteiger partial charge in [0.2, 0.25) is 0 Å². The maximum Gasteiger partial charge on any atom is 0.433 e. The predicted molar refractivity (Wildman–Crippen MR) is 148 cm³/mol. The van der Waals surface area contributed by atoms with Crippen LogP contribution >= 0.6 is 11.3 Å². The number of hydrogen-bond acceptors (Lipinski definition) is 7. The average Bonchev–Trinajstić information content (AvgIpc) is 3.57. The first-order valence-corrected chi connectivity index (χ1v) is 13.2. The highest BCUT2D eigenvalue weighted by molar-refractivity contribution is 7.13. The number of anilines is 1. The van der Waals surface area contributed by atoms with E-state index in [2.05, 4.69) is 15.4 Å². The molecule has 0 bridgehead atoms. The van der Waals surface area contributed by atoms with Crippen molar-refractivity contribution in [3.63, 3.8) is 0 Å². The lowest BCUT2D eigenvalue weighted by Gasteiger charge is -2.15. The molecule has 210 valence electrons. The SMILES string of the molecule is Cc1ccc(C(C)C)c(Oc2cc(NC(=O)c3cc4nc(-c5cccs5)cc(C(F)(F)F)n4n3)cc([N+](=O)[O-])c2)c1. The average molecular weight is 582 g/mol. The minimum Gasteiger partial charge on any atom is -0.457 e. The molecule has 3 aromatic heterocycles. The summed E-state index contributed by atoms with van der Waals surface area (Å²) in [7, 11) is 0. The number of ether oxygens (including phenoxy) is 1. The largest absolute Gasteiger partial charge is 0.457 e. The third-order valence-corrected chi connectivity index (χ3v) is 7.00. The normalized spacial score (nSPS) is 11.7. The number of amides is 1. The van der Waals surface area contributed by atoms with Crippen LogP contribution in [-0.4, -0.2) is 25.4 Å². The summed E-state index contributed by atoms with van der Waals surface area (Å²) < 4.78 is 48.2. The lowest BCUT2D eigenvalue weighted by atomic mass is 10.0. The van der Waals surface area contributed by atoms with Crippen LogP contribution in [0.3, 0.4) is 0 Å². The zero-order valence-electron chi connectivity index (χ0n) is 21.9. The molecule has 1 amide bonds. The summed E-state index contributed by atoms with van der Waals surface area (Å²) in [5, 5.41) is 19.7. The van der Waals surface area contributed by atoms with Crippen molar-refractivity contribution in [1.29, 1.82) is 0 Å². The van der Waals surface area contributed by atoms with E-state index in [1.54, 1.807) is 23.6 Å². The molecule has 5 rings (SSSR count). The summed E-state index contributed by atoms with van der Waals surface area (Å²) in [5.41, 5.74) is -0.111. The fraction of sp³-hybridized carbons (Fsp3) is 0.179. The number of non-ortho nitro benzene ring substituents is 1. The van der Waals surface area contributed by atoms with Crippen LogP contribution in [-0.2, 0) is 6.18 Å². The molecular formula is C28H22F3N5O4S. The van der Waals surface area contributed by atoms with Crippen LogP contribution in [0.15, 0.2) is 66.0 Å². The third kappa shape index (κ3) is 5.89. The molecule has 0 saturated heterocycles. The highest BCUT2D eigenvalue weighted by Crippen LogP contribution is 2.36. The monoisotopic (exact) mass is 581 g/mol. The Kier molecular flexibility index (Phi) is 7.22. The Morgan fingerprint density at radius 3 is 2.56 bits per heavy atom. The number of thiophene rings is 1. The molecular weight excluding hydrogens is 559 g/mol. The van der Waals surface area contributed by atoms with Crippen LogP contribution in [0.2, 0.25) is 0 Å². The number of aryl methyl sites for hydroxylation is 1. The van der Waals surface area contributed by atoms with Gasteiger partial charge in [-0.25, -0.2) is 9.50 Å². The molecule has 1 N–H and O–H groups in total. The second-order valence-electron chi connectivity index (χ2n) is 9.53. The van der Waals surface area contributed by atoms with Gasteiger partial charge in [-0.05, 0) is 47.5 Å². The maximum absolute atomic E-state index is 13.9. The molecule has 0 radical (unpaired) electrons. The lowest BCUT2D eigenvalue weighted by Crippen LogP contribution is -2.15. The van der Waals surface area contributed by atoms with Crippen LogP contribution in [0.5, 0.6) is 11.5 Å². The highest BCUT2D eigenvalue weighted by atomic mass is 32.1. The number of nitrogens with one attached hydrogen (secondary N) is 1.